The summed E-state index contributed by atoms with van der Waals surface area (Å²) >= 11 is 0. The largest absolute Gasteiger partial charge is 0.434 e. The Labute approximate surface area is 169 Å². The van der Waals surface area contributed by atoms with Crippen LogP contribution in [0.4, 0.5) is 8.78 Å². The molecule has 3 heterocycles. The summed E-state index contributed by atoms with van der Waals surface area (Å²) in [4.78, 5) is 23.0. The van der Waals surface area contributed by atoms with Crippen molar-refractivity contribution in [1.29, 1.82) is 0 Å². The normalized spacial score (nSPS) is 11.3. The second-order valence-electron chi connectivity index (χ2n) is 6.53. The molecular weight excluding hydrogens is 394 g/mol. The van der Waals surface area contributed by atoms with Gasteiger partial charge in [0.1, 0.15) is 23.7 Å². The van der Waals surface area contributed by atoms with Crippen molar-refractivity contribution in [3.63, 3.8) is 0 Å². The molecule has 1 N–H and O–H groups in total. The molecule has 0 saturated carbocycles. The summed E-state index contributed by atoms with van der Waals surface area (Å²) < 4.78 is 37.4. The van der Waals surface area contributed by atoms with E-state index in [1.165, 1.54) is 12.1 Å². The fraction of sp³-hybridized carbons (Fsp3) is 0.190. The van der Waals surface area contributed by atoms with E-state index in [9.17, 15) is 13.6 Å². The number of hydrogen-bond donors (Lipinski definition) is 1. The van der Waals surface area contributed by atoms with Gasteiger partial charge in [-0.3, -0.25) is 9.78 Å². The molecule has 9 heteroatoms. The maximum atomic E-state index is 12.8. The Hall–Kier alpha value is -3.59. The predicted molar refractivity (Wildman–Crippen MR) is 106 cm³/mol. The maximum Gasteiger partial charge on any atom is 0.387 e. The van der Waals surface area contributed by atoms with Crippen LogP contribution in [0.1, 0.15) is 11.4 Å². The quantitative estimate of drug-likeness (QED) is 0.502. The zero-order valence-corrected chi connectivity index (χ0v) is 16.0. The maximum absolute atomic E-state index is 12.8. The number of benzene rings is 1. The summed E-state index contributed by atoms with van der Waals surface area (Å²) in [5.74, 6) is 0.729. The second kappa shape index (κ2) is 8.42. The predicted octanol–water partition coefficient (Wildman–Crippen LogP) is 3.58. The van der Waals surface area contributed by atoms with Crippen molar-refractivity contribution in [1.82, 2.24) is 19.5 Å². The lowest BCUT2D eigenvalue weighted by Gasteiger charge is -2.13. The second-order valence-corrected chi connectivity index (χ2v) is 6.53. The summed E-state index contributed by atoms with van der Waals surface area (Å²) in [5, 5.41) is 0. The van der Waals surface area contributed by atoms with Crippen molar-refractivity contribution in [3.8, 4) is 17.0 Å². The van der Waals surface area contributed by atoms with Crippen LogP contribution in [-0.4, -0.2) is 33.2 Å². The summed E-state index contributed by atoms with van der Waals surface area (Å²) in [5.41, 5.74) is 3.15. The van der Waals surface area contributed by atoms with Gasteiger partial charge in [0.05, 0.1) is 24.0 Å². The van der Waals surface area contributed by atoms with Crippen molar-refractivity contribution in [2.24, 2.45) is 0 Å². The minimum atomic E-state index is -2.92. The summed E-state index contributed by atoms with van der Waals surface area (Å²) in [6.07, 6.45) is 3.21. The van der Waals surface area contributed by atoms with Crippen molar-refractivity contribution in [2.45, 2.75) is 19.8 Å². The first-order chi connectivity index (χ1) is 14.5. The molecule has 0 aliphatic carbocycles. The van der Waals surface area contributed by atoms with Gasteiger partial charge >= 0.3 is 6.61 Å². The SMILES string of the molecule is COCc1nc2cnc(-c3ccc(=O)[nH]c3)cc2n1Cc1ccccc1OC(F)F. The van der Waals surface area contributed by atoms with Gasteiger partial charge in [-0.15, -0.1) is 0 Å². The van der Waals surface area contributed by atoms with Gasteiger partial charge in [-0.05, 0) is 18.2 Å². The zero-order chi connectivity index (χ0) is 21.1. The van der Waals surface area contributed by atoms with Crippen LogP contribution in [0.15, 0.2) is 59.7 Å². The van der Waals surface area contributed by atoms with E-state index in [0.717, 1.165) is 11.1 Å². The molecule has 0 saturated heterocycles. The molecule has 3 aromatic heterocycles. The third-order valence-corrected chi connectivity index (χ3v) is 4.58. The van der Waals surface area contributed by atoms with Gasteiger partial charge in [-0.2, -0.15) is 8.78 Å². The van der Waals surface area contributed by atoms with E-state index in [-0.39, 0.29) is 24.5 Å². The lowest BCUT2D eigenvalue weighted by Crippen LogP contribution is -2.09. The van der Waals surface area contributed by atoms with Crippen LogP contribution in [0.5, 0.6) is 5.75 Å². The number of aromatic nitrogens is 4. The molecule has 1 aromatic carbocycles. The number of H-pyrrole nitrogens is 1. The molecule has 7 nitrogen and oxygen atoms in total. The third kappa shape index (κ3) is 4.06. The molecule has 0 atom stereocenters. The molecule has 0 unspecified atom stereocenters. The van der Waals surface area contributed by atoms with Crippen molar-refractivity contribution >= 4 is 11.0 Å². The van der Waals surface area contributed by atoms with Crippen LogP contribution in [0, 0.1) is 0 Å². The Balaban J connectivity index is 1.81. The minimum Gasteiger partial charge on any atom is -0.434 e. The van der Waals surface area contributed by atoms with Crippen LogP contribution in [0.3, 0.4) is 0 Å². The number of imidazole rings is 1. The number of pyridine rings is 2. The minimum absolute atomic E-state index is 0.104. The fourth-order valence-electron chi connectivity index (χ4n) is 3.24. The number of fused-ring (bicyclic) bond motifs is 1. The van der Waals surface area contributed by atoms with E-state index in [1.54, 1.807) is 43.8 Å². The average molecular weight is 412 g/mol. The van der Waals surface area contributed by atoms with E-state index in [2.05, 4.69) is 19.7 Å². The monoisotopic (exact) mass is 412 g/mol. The van der Waals surface area contributed by atoms with Gasteiger partial charge in [0.2, 0.25) is 5.56 Å². The standard InChI is InChI=1S/C21H18F2N4O3/c1-29-12-19-26-16-10-24-15(13-6-7-20(28)25-9-13)8-17(16)27(19)11-14-4-2-3-5-18(14)30-21(22)23/h2-10,21H,11-12H2,1H3,(H,25,28). The molecule has 0 aliphatic heterocycles. The third-order valence-electron chi connectivity index (χ3n) is 4.58. The summed E-state index contributed by atoms with van der Waals surface area (Å²) in [7, 11) is 1.56. The topological polar surface area (TPSA) is 82.0 Å². The van der Waals surface area contributed by atoms with Crippen LogP contribution < -0.4 is 10.3 Å². The summed E-state index contributed by atoms with van der Waals surface area (Å²) in [6, 6.07) is 11.6. The molecule has 0 radical (unpaired) electrons. The van der Waals surface area contributed by atoms with E-state index >= 15 is 0 Å². The first-order valence-corrected chi connectivity index (χ1v) is 9.11. The molecule has 30 heavy (non-hydrogen) atoms. The molecule has 4 rings (SSSR count). The first kappa shape index (κ1) is 19.7. The highest BCUT2D eigenvalue weighted by molar-refractivity contribution is 5.80. The zero-order valence-electron chi connectivity index (χ0n) is 16.0. The molecule has 0 aliphatic rings. The highest BCUT2D eigenvalue weighted by Gasteiger charge is 2.16. The molecule has 0 fully saturated rings. The number of aromatic amines is 1. The Bertz CT molecular complexity index is 1220. The highest BCUT2D eigenvalue weighted by Crippen LogP contribution is 2.26. The number of halogens is 2. The number of ether oxygens (including phenoxy) is 2. The Morgan fingerprint density at radius 3 is 2.77 bits per heavy atom. The van der Waals surface area contributed by atoms with Crippen molar-refractivity contribution in [2.75, 3.05) is 7.11 Å². The summed E-state index contributed by atoms with van der Waals surface area (Å²) in [6.45, 7) is -2.42. The molecule has 0 amide bonds. The lowest BCUT2D eigenvalue weighted by atomic mass is 10.1. The van der Waals surface area contributed by atoms with Crippen LogP contribution in [-0.2, 0) is 17.9 Å². The molecular formula is C21H18F2N4O3. The molecule has 0 spiro atoms. The number of methoxy groups -OCH3 is 1. The number of rotatable bonds is 7. The molecule has 0 bridgehead atoms. The molecule has 4 aromatic rings. The van der Waals surface area contributed by atoms with Crippen LogP contribution >= 0.6 is 0 Å². The lowest BCUT2D eigenvalue weighted by molar-refractivity contribution is -0.0504. The first-order valence-electron chi connectivity index (χ1n) is 9.11. The van der Waals surface area contributed by atoms with Gasteiger partial charge in [0.15, 0.2) is 0 Å². The number of nitrogens with zero attached hydrogens (tertiary/aromatic N) is 3. The average Bonchev–Trinajstić information content (AvgIpc) is 3.06. The van der Waals surface area contributed by atoms with E-state index in [1.807, 2.05) is 10.6 Å². The van der Waals surface area contributed by atoms with Crippen molar-refractivity contribution in [3.05, 3.63) is 76.6 Å². The fourth-order valence-corrected chi connectivity index (χ4v) is 3.24. The van der Waals surface area contributed by atoms with E-state index < -0.39 is 6.61 Å². The van der Waals surface area contributed by atoms with Gasteiger partial charge in [-0.1, -0.05) is 18.2 Å². The number of nitrogens with one attached hydrogen (secondary N) is 1. The van der Waals surface area contributed by atoms with Gasteiger partial charge in [-0.25, -0.2) is 4.98 Å². The van der Waals surface area contributed by atoms with Gasteiger partial charge in [0.25, 0.3) is 0 Å². The number of hydrogen-bond acceptors (Lipinski definition) is 5. The number of alkyl halides is 2. The Kier molecular flexibility index (Phi) is 5.53. The Morgan fingerprint density at radius 2 is 2.03 bits per heavy atom. The van der Waals surface area contributed by atoms with Gasteiger partial charge < -0.3 is 19.0 Å². The van der Waals surface area contributed by atoms with Crippen LogP contribution in [0.25, 0.3) is 22.3 Å². The van der Waals surface area contributed by atoms with Gasteiger partial charge in [0, 0.05) is 30.5 Å². The van der Waals surface area contributed by atoms with E-state index in [0.29, 0.717) is 22.6 Å². The van der Waals surface area contributed by atoms with Crippen molar-refractivity contribution < 1.29 is 18.3 Å². The Morgan fingerprint density at radius 1 is 1.20 bits per heavy atom. The van der Waals surface area contributed by atoms with E-state index in [4.69, 9.17) is 4.74 Å². The molecule has 154 valence electrons. The smallest absolute Gasteiger partial charge is 0.387 e. The van der Waals surface area contributed by atoms with Crippen LogP contribution in [0.2, 0.25) is 0 Å². The highest BCUT2D eigenvalue weighted by atomic mass is 19.3. The number of para-hydroxylation sites is 1.